The first-order valence-electron chi connectivity index (χ1n) is 6.81. The van der Waals surface area contributed by atoms with E-state index in [4.69, 9.17) is 4.74 Å². The van der Waals surface area contributed by atoms with Crippen LogP contribution in [-0.2, 0) is 4.74 Å². The number of nitrogens with one attached hydrogen (secondary N) is 1. The minimum Gasteiger partial charge on any atom is -0.381 e. The zero-order valence-corrected chi connectivity index (χ0v) is 12.0. The second-order valence-corrected chi connectivity index (χ2v) is 6.72. The summed E-state index contributed by atoms with van der Waals surface area (Å²) in [6.07, 6.45) is 5.77. The molecule has 100 valence electrons. The molecular formula is C15H29NO. The summed E-state index contributed by atoms with van der Waals surface area (Å²) in [4.78, 5) is 0. The van der Waals surface area contributed by atoms with Crippen molar-refractivity contribution in [2.24, 2.45) is 11.3 Å². The van der Waals surface area contributed by atoms with Crippen LogP contribution in [0.25, 0.3) is 0 Å². The molecule has 0 aromatic carbocycles. The maximum atomic E-state index is 5.42. The molecule has 1 fully saturated rings. The summed E-state index contributed by atoms with van der Waals surface area (Å²) in [5, 5.41) is 3.60. The van der Waals surface area contributed by atoms with E-state index in [2.05, 4.69) is 45.7 Å². The molecule has 0 radical (unpaired) electrons. The third kappa shape index (κ3) is 5.69. The number of hydrogen-bond donors (Lipinski definition) is 1. The summed E-state index contributed by atoms with van der Waals surface area (Å²) in [5.41, 5.74) is 0.384. The summed E-state index contributed by atoms with van der Waals surface area (Å²) in [6, 6.07) is 0. The standard InChI is InChI=1S/C15H29NO/c1-6-15(5,12-16-14(2,3)4)11-13-7-9-17-10-8-13/h6,13,16H,1,7-12H2,2-5H3. The first-order chi connectivity index (χ1) is 7.85. The number of rotatable bonds is 5. The van der Waals surface area contributed by atoms with Gasteiger partial charge in [-0.05, 0) is 51.4 Å². The van der Waals surface area contributed by atoms with Crippen molar-refractivity contribution < 1.29 is 4.74 Å². The smallest absolute Gasteiger partial charge is 0.0468 e. The van der Waals surface area contributed by atoms with Crippen molar-refractivity contribution in [3.05, 3.63) is 12.7 Å². The van der Waals surface area contributed by atoms with Gasteiger partial charge < -0.3 is 10.1 Å². The van der Waals surface area contributed by atoms with E-state index < -0.39 is 0 Å². The Kier molecular flexibility index (Phi) is 5.21. The summed E-state index contributed by atoms with van der Waals surface area (Å²) in [7, 11) is 0. The zero-order valence-electron chi connectivity index (χ0n) is 12.0. The minimum atomic E-state index is 0.181. The molecule has 0 amide bonds. The Hall–Kier alpha value is -0.340. The molecule has 0 aromatic rings. The maximum absolute atomic E-state index is 5.42. The molecule has 0 aromatic heterocycles. The molecule has 1 heterocycles. The lowest BCUT2D eigenvalue weighted by Gasteiger charge is -2.35. The van der Waals surface area contributed by atoms with E-state index in [1.165, 1.54) is 19.3 Å². The van der Waals surface area contributed by atoms with Gasteiger partial charge in [0, 0.05) is 25.3 Å². The fraction of sp³-hybridized carbons (Fsp3) is 0.867. The molecule has 0 aliphatic carbocycles. The van der Waals surface area contributed by atoms with Crippen molar-refractivity contribution in [3.8, 4) is 0 Å². The summed E-state index contributed by atoms with van der Waals surface area (Å²) in [5.74, 6) is 0.800. The Labute approximate surface area is 107 Å². The first kappa shape index (κ1) is 14.7. The quantitative estimate of drug-likeness (QED) is 0.743. The van der Waals surface area contributed by atoms with Crippen LogP contribution in [0.15, 0.2) is 12.7 Å². The van der Waals surface area contributed by atoms with Crippen LogP contribution < -0.4 is 5.32 Å². The minimum absolute atomic E-state index is 0.181. The Morgan fingerprint density at radius 1 is 1.24 bits per heavy atom. The van der Waals surface area contributed by atoms with Gasteiger partial charge in [0.15, 0.2) is 0 Å². The van der Waals surface area contributed by atoms with Crippen molar-refractivity contribution >= 4 is 0 Å². The molecule has 1 atom stereocenters. The third-order valence-corrected chi connectivity index (χ3v) is 3.61. The topological polar surface area (TPSA) is 21.3 Å². The van der Waals surface area contributed by atoms with Gasteiger partial charge in [0.05, 0.1) is 0 Å². The molecule has 1 aliphatic heterocycles. The van der Waals surface area contributed by atoms with Crippen LogP contribution >= 0.6 is 0 Å². The van der Waals surface area contributed by atoms with E-state index in [0.717, 1.165) is 25.7 Å². The van der Waals surface area contributed by atoms with Gasteiger partial charge in [0.1, 0.15) is 0 Å². The molecule has 2 heteroatoms. The fourth-order valence-corrected chi connectivity index (χ4v) is 2.30. The molecular weight excluding hydrogens is 210 g/mol. The molecule has 1 rings (SSSR count). The number of hydrogen-bond acceptors (Lipinski definition) is 2. The predicted molar refractivity (Wildman–Crippen MR) is 74.2 cm³/mol. The van der Waals surface area contributed by atoms with E-state index in [0.29, 0.717) is 0 Å². The fourth-order valence-electron chi connectivity index (χ4n) is 2.30. The molecule has 0 spiro atoms. The average molecular weight is 239 g/mol. The van der Waals surface area contributed by atoms with Crippen molar-refractivity contribution in [2.75, 3.05) is 19.8 Å². The van der Waals surface area contributed by atoms with E-state index in [1.54, 1.807) is 0 Å². The van der Waals surface area contributed by atoms with Crippen LogP contribution in [-0.4, -0.2) is 25.3 Å². The summed E-state index contributed by atoms with van der Waals surface area (Å²) < 4.78 is 5.42. The molecule has 2 nitrogen and oxygen atoms in total. The van der Waals surface area contributed by atoms with Gasteiger partial charge in [-0.25, -0.2) is 0 Å². The highest BCUT2D eigenvalue weighted by atomic mass is 16.5. The molecule has 1 unspecified atom stereocenters. The lowest BCUT2D eigenvalue weighted by Crippen LogP contribution is -2.43. The van der Waals surface area contributed by atoms with Crippen molar-refractivity contribution in [3.63, 3.8) is 0 Å². The van der Waals surface area contributed by atoms with Gasteiger partial charge in [-0.15, -0.1) is 6.58 Å². The summed E-state index contributed by atoms with van der Waals surface area (Å²) >= 11 is 0. The van der Waals surface area contributed by atoms with Crippen molar-refractivity contribution in [1.29, 1.82) is 0 Å². The highest BCUT2D eigenvalue weighted by Gasteiger charge is 2.27. The van der Waals surface area contributed by atoms with E-state index >= 15 is 0 Å². The Balaban J connectivity index is 2.46. The largest absolute Gasteiger partial charge is 0.381 e. The van der Waals surface area contributed by atoms with Crippen LogP contribution in [0.1, 0.15) is 47.0 Å². The monoisotopic (exact) mass is 239 g/mol. The molecule has 1 N–H and O–H groups in total. The Morgan fingerprint density at radius 2 is 1.82 bits per heavy atom. The average Bonchev–Trinajstić information content (AvgIpc) is 2.27. The highest BCUT2D eigenvalue weighted by Crippen LogP contribution is 2.32. The second-order valence-electron chi connectivity index (χ2n) is 6.72. The SMILES string of the molecule is C=CC(C)(CNC(C)(C)C)CC1CCOCC1. The summed E-state index contributed by atoms with van der Waals surface area (Å²) in [6.45, 7) is 15.9. The predicted octanol–water partition coefficient (Wildman–Crippen LogP) is 3.38. The van der Waals surface area contributed by atoms with Crippen LogP contribution in [0.3, 0.4) is 0 Å². The normalized spacial score (nSPS) is 22.1. The van der Waals surface area contributed by atoms with Crippen LogP contribution in [0.5, 0.6) is 0 Å². The molecule has 0 bridgehead atoms. The van der Waals surface area contributed by atoms with E-state index in [9.17, 15) is 0 Å². The second kappa shape index (κ2) is 6.01. The van der Waals surface area contributed by atoms with Crippen LogP contribution in [0.4, 0.5) is 0 Å². The zero-order chi connectivity index (χ0) is 12.9. The highest BCUT2D eigenvalue weighted by molar-refractivity contribution is 4.96. The molecule has 1 aliphatic rings. The van der Waals surface area contributed by atoms with E-state index in [1.807, 2.05) is 0 Å². The number of ether oxygens (including phenoxy) is 1. The van der Waals surface area contributed by atoms with Crippen molar-refractivity contribution in [2.45, 2.75) is 52.5 Å². The van der Waals surface area contributed by atoms with Gasteiger partial charge in [0.25, 0.3) is 0 Å². The molecule has 1 saturated heterocycles. The molecule has 0 saturated carbocycles. The maximum Gasteiger partial charge on any atom is 0.0468 e. The van der Waals surface area contributed by atoms with E-state index in [-0.39, 0.29) is 11.0 Å². The van der Waals surface area contributed by atoms with Gasteiger partial charge in [-0.3, -0.25) is 0 Å². The lowest BCUT2D eigenvalue weighted by atomic mass is 9.78. The molecule has 17 heavy (non-hydrogen) atoms. The van der Waals surface area contributed by atoms with Crippen molar-refractivity contribution in [1.82, 2.24) is 5.32 Å². The van der Waals surface area contributed by atoms with Crippen LogP contribution in [0.2, 0.25) is 0 Å². The Bertz CT molecular complexity index is 238. The lowest BCUT2D eigenvalue weighted by molar-refractivity contribution is 0.0536. The first-order valence-corrected chi connectivity index (χ1v) is 6.81. The van der Waals surface area contributed by atoms with Gasteiger partial charge in [-0.2, -0.15) is 0 Å². The van der Waals surface area contributed by atoms with Gasteiger partial charge in [-0.1, -0.05) is 13.0 Å². The van der Waals surface area contributed by atoms with Gasteiger partial charge >= 0.3 is 0 Å². The third-order valence-electron chi connectivity index (χ3n) is 3.61. The van der Waals surface area contributed by atoms with Crippen LogP contribution in [0, 0.1) is 11.3 Å². The van der Waals surface area contributed by atoms with Gasteiger partial charge in [0.2, 0.25) is 0 Å². The Morgan fingerprint density at radius 3 is 2.29 bits per heavy atom.